The molecule has 0 bridgehead atoms. The Morgan fingerprint density at radius 1 is 1.31 bits per heavy atom. The number of rotatable bonds is 9. The van der Waals surface area contributed by atoms with E-state index in [0.717, 1.165) is 19.3 Å². The minimum Gasteiger partial charge on any atom is -0.465 e. The SMILES string of the molecule is CCCC(NCCC(O)CC)C(=O)OCC. The van der Waals surface area contributed by atoms with Gasteiger partial charge in [-0.25, -0.2) is 0 Å². The number of hydrogen-bond acceptors (Lipinski definition) is 4. The van der Waals surface area contributed by atoms with E-state index < -0.39 is 0 Å². The number of aliphatic hydroxyl groups excluding tert-OH is 1. The second-order valence-corrected chi connectivity index (χ2v) is 3.90. The smallest absolute Gasteiger partial charge is 0.323 e. The quantitative estimate of drug-likeness (QED) is 0.590. The average Bonchev–Trinajstić information content (AvgIpc) is 2.28. The van der Waals surface area contributed by atoms with E-state index in [-0.39, 0.29) is 18.1 Å². The monoisotopic (exact) mass is 231 g/mol. The van der Waals surface area contributed by atoms with Crippen LogP contribution in [0.3, 0.4) is 0 Å². The molecule has 2 atom stereocenters. The van der Waals surface area contributed by atoms with E-state index >= 15 is 0 Å². The number of esters is 1. The number of nitrogens with one attached hydrogen (secondary N) is 1. The lowest BCUT2D eigenvalue weighted by Crippen LogP contribution is -2.39. The normalized spacial score (nSPS) is 14.5. The summed E-state index contributed by atoms with van der Waals surface area (Å²) in [4.78, 5) is 11.5. The lowest BCUT2D eigenvalue weighted by Gasteiger charge is -2.17. The summed E-state index contributed by atoms with van der Waals surface area (Å²) in [5, 5.41) is 12.5. The van der Waals surface area contributed by atoms with E-state index in [0.29, 0.717) is 19.6 Å². The number of aliphatic hydroxyl groups is 1. The molecule has 2 N–H and O–H groups in total. The molecule has 0 amide bonds. The summed E-state index contributed by atoms with van der Waals surface area (Å²) in [7, 11) is 0. The summed E-state index contributed by atoms with van der Waals surface area (Å²) in [6.45, 7) is 6.85. The van der Waals surface area contributed by atoms with Gasteiger partial charge >= 0.3 is 5.97 Å². The summed E-state index contributed by atoms with van der Waals surface area (Å²) >= 11 is 0. The first-order valence-electron chi connectivity index (χ1n) is 6.23. The van der Waals surface area contributed by atoms with Gasteiger partial charge in [0.15, 0.2) is 0 Å². The molecule has 0 aliphatic heterocycles. The molecule has 4 nitrogen and oxygen atoms in total. The molecule has 0 aliphatic rings. The molecule has 0 aliphatic carbocycles. The Kier molecular flexibility index (Phi) is 9.24. The third-order valence-electron chi connectivity index (χ3n) is 2.49. The fourth-order valence-corrected chi connectivity index (χ4v) is 1.46. The fraction of sp³-hybridized carbons (Fsp3) is 0.917. The maximum atomic E-state index is 11.5. The number of carbonyl (C=O) groups is 1. The van der Waals surface area contributed by atoms with E-state index in [1.807, 2.05) is 20.8 Å². The van der Waals surface area contributed by atoms with Crippen molar-refractivity contribution >= 4 is 5.97 Å². The molecule has 0 aromatic rings. The summed E-state index contributed by atoms with van der Waals surface area (Å²) in [6.07, 6.45) is 2.86. The van der Waals surface area contributed by atoms with Crippen LogP contribution >= 0.6 is 0 Å². The van der Waals surface area contributed by atoms with Crippen molar-refractivity contribution in [3.63, 3.8) is 0 Å². The van der Waals surface area contributed by atoms with Crippen LogP contribution in [0.25, 0.3) is 0 Å². The Bertz CT molecular complexity index is 185. The Balaban J connectivity index is 3.88. The molecule has 96 valence electrons. The molecule has 0 heterocycles. The summed E-state index contributed by atoms with van der Waals surface area (Å²) in [5.41, 5.74) is 0. The van der Waals surface area contributed by atoms with Crippen molar-refractivity contribution in [1.82, 2.24) is 5.32 Å². The van der Waals surface area contributed by atoms with Gasteiger partial charge in [-0.05, 0) is 32.7 Å². The van der Waals surface area contributed by atoms with Crippen LogP contribution in [0.15, 0.2) is 0 Å². The Morgan fingerprint density at radius 2 is 2.00 bits per heavy atom. The molecule has 0 aromatic carbocycles. The predicted octanol–water partition coefficient (Wildman–Crippen LogP) is 1.47. The zero-order valence-corrected chi connectivity index (χ0v) is 10.7. The molecule has 0 spiro atoms. The predicted molar refractivity (Wildman–Crippen MR) is 64.2 cm³/mol. The molecule has 4 heteroatoms. The minimum absolute atomic E-state index is 0.185. The van der Waals surface area contributed by atoms with Crippen molar-refractivity contribution in [2.24, 2.45) is 0 Å². The average molecular weight is 231 g/mol. The number of carbonyl (C=O) groups excluding carboxylic acids is 1. The van der Waals surface area contributed by atoms with Crippen LogP contribution in [0.5, 0.6) is 0 Å². The van der Waals surface area contributed by atoms with Crippen LogP contribution < -0.4 is 5.32 Å². The van der Waals surface area contributed by atoms with Crippen molar-refractivity contribution < 1.29 is 14.6 Å². The number of ether oxygens (including phenoxy) is 1. The zero-order valence-electron chi connectivity index (χ0n) is 10.7. The van der Waals surface area contributed by atoms with Gasteiger partial charge in [-0.2, -0.15) is 0 Å². The third-order valence-corrected chi connectivity index (χ3v) is 2.49. The van der Waals surface area contributed by atoms with Gasteiger partial charge < -0.3 is 15.2 Å². The fourth-order valence-electron chi connectivity index (χ4n) is 1.46. The van der Waals surface area contributed by atoms with E-state index in [9.17, 15) is 9.90 Å². The molecule has 0 rings (SSSR count). The van der Waals surface area contributed by atoms with E-state index in [1.54, 1.807) is 0 Å². The van der Waals surface area contributed by atoms with E-state index in [4.69, 9.17) is 4.74 Å². The van der Waals surface area contributed by atoms with Crippen LogP contribution in [-0.4, -0.2) is 36.4 Å². The van der Waals surface area contributed by atoms with Gasteiger partial charge in [0.25, 0.3) is 0 Å². The first-order chi connectivity index (χ1) is 7.65. The van der Waals surface area contributed by atoms with Crippen LogP contribution in [0, 0.1) is 0 Å². The number of hydrogen-bond donors (Lipinski definition) is 2. The second-order valence-electron chi connectivity index (χ2n) is 3.90. The van der Waals surface area contributed by atoms with Gasteiger partial charge in [0, 0.05) is 0 Å². The Morgan fingerprint density at radius 3 is 2.50 bits per heavy atom. The molecule has 0 radical (unpaired) electrons. The Hall–Kier alpha value is -0.610. The molecule has 0 aromatic heterocycles. The largest absolute Gasteiger partial charge is 0.465 e. The van der Waals surface area contributed by atoms with Crippen LogP contribution in [0.4, 0.5) is 0 Å². The topological polar surface area (TPSA) is 58.6 Å². The first-order valence-corrected chi connectivity index (χ1v) is 6.23. The summed E-state index contributed by atoms with van der Waals surface area (Å²) in [5.74, 6) is -0.185. The van der Waals surface area contributed by atoms with Crippen LogP contribution in [-0.2, 0) is 9.53 Å². The molecule has 0 fully saturated rings. The summed E-state index contributed by atoms with van der Waals surface area (Å²) < 4.78 is 4.98. The molecule has 2 unspecified atom stereocenters. The molecule has 16 heavy (non-hydrogen) atoms. The molecule has 0 saturated heterocycles. The minimum atomic E-state index is -0.281. The zero-order chi connectivity index (χ0) is 12.4. The van der Waals surface area contributed by atoms with Crippen LogP contribution in [0.1, 0.15) is 46.5 Å². The van der Waals surface area contributed by atoms with Crippen LogP contribution in [0.2, 0.25) is 0 Å². The molecule has 0 saturated carbocycles. The van der Waals surface area contributed by atoms with Gasteiger partial charge in [-0.3, -0.25) is 4.79 Å². The van der Waals surface area contributed by atoms with Crippen molar-refractivity contribution in [3.8, 4) is 0 Å². The first kappa shape index (κ1) is 15.4. The highest BCUT2D eigenvalue weighted by atomic mass is 16.5. The summed E-state index contributed by atoms with van der Waals surface area (Å²) in [6, 6.07) is -0.228. The van der Waals surface area contributed by atoms with Crippen molar-refractivity contribution in [2.75, 3.05) is 13.2 Å². The van der Waals surface area contributed by atoms with Gasteiger partial charge in [-0.1, -0.05) is 20.3 Å². The van der Waals surface area contributed by atoms with Crippen molar-refractivity contribution in [2.45, 2.75) is 58.6 Å². The van der Waals surface area contributed by atoms with Gasteiger partial charge in [0.1, 0.15) is 6.04 Å². The maximum absolute atomic E-state index is 11.5. The standard InChI is InChI=1S/C12H25NO3/c1-4-7-11(12(15)16-6-3)13-9-8-10(14)5-2/h10-11,13-14H,4-9H2,1-3H3. The van der Waals surface area contributed by atoms with E-state index in [2.05, 4.69) is 5.32 Å². The highest BCUT2D eigenvalue weighted by Crippen LogP contribution is 2.01. The molecular formula is C12H25NO3. The van der Waals surface area contributed by atoms with Gasteiger partial charge in [0.2, 0.25) is 0 Å². The van der Waals surface area contributed by atoms with Crippen molar-refractivity contribution in [1.29, 1.82) is 0 Å². The van der Waals surface area contributed by atoms with E-state index in [1.165, 1.54) is 0 Å². The van der Waals surface area contributed by atoms with Gasteiger partial charge in [0.05, 0.1) is 12.7 Å². The third kappa shape index (κ3) is 6.80. The lowest BCUT2D eigenvalue weighted by molar-refractivity contribution is -0.145. The lowest BCUT2D eigenvalue weighted by atomic mass is 10.1. The highest BCUT2D eigenvalue weighted by Gasteiger charge is 2.17. The van der Waals surface area contributed by atoms with Crippen molar-refractivity contribution in [3.05, 3.63) is 0 Å². The maximum Gasteiger partial charge on any atom is 0.323 e. The molecular weight excluding hydrogens is 206 g/mol. The Labute approximate surface area is 98.4 Å². The second kappa shape index (κ2) is 9.60. The highest BCUT2D eigenvalue weighted by molar-refractivity contribution is 5.75. The van der Waals surface area contributed by atoms with Gasteiger partial charge in [-0.15, -0.1) is 0 Å².